The van der Waals surface area contributed by atoms with Gasteiger partial charge in [-0.3, -0.25) is 4.79 Å². The molecule has 0 amide bonds. The van der Waals surface area contributed by atoms with E-state index in [0.717, 1.165) is 16.5 Å². The molecule has 0 spiro atoms. The summed E-state index contributed by atoms with van der Waals surface area (Å²) in [6.45, 7) is 7.95. The van der Waals surface area contributed by atoms with Crippen LogP contribution in [0.1, 0.15) is 32.8 Å². The summed E-state index contributed by atoms with van der Waals surface area (Å²) in [4.78, 5) is 11.8. The van der Waals surface area contributed by atoms with Crippen molar-refractivity contribution in [2.24, 2.45) is 5.41 Å². The van der Waals surface area contributed by atoms with E-state index < -0.39 is 5.41 Å². The minimum atomic E-state index is -0.432. The van der Waals surface area contributed by atoms with Crippen LogP contribution < -0.4 is 0 Å². The number of fused-ring (bicyclic) bond motifs is 1. The second kappa shape index (κ2) is 10.0. The fourth-order valence-electron chi connectivity index (χ4n) is 2.30. The maximum absolute atomic E-state index is 11.8. The third-order valence-corrected chi connectivity index (χ3v) is 4.90. The van der Waals surface area contributed by atoms with Gasteiger partial charge in [-0.25, -0.2) is 0 Å². The predicted molar refractivity (Wildman–Crippen MR) is 107 cm³/mol. The number of benzene rings is 2. The van der Waals surface area contributed by atoms with Gasteiger partial charge in [0.1, 0.15) is 6.61 Å². The van der Waals surface area contributed by atoms with E-state index in [1.807, 2.05) is 26.8 Å². The molecule has 0 aromatic heterocycles. The molecule has 0 saturated carbocycles. The Bertz CT molecular complexity index is 727. The first-order chi connectivity index (χ1) is 12.4. The molecule has 0 radical (unpaired) electrons. The Morgan fingerprint density at radius 3 is 2.38 bits per heavy atom. The van der Waals surface area contributed by atoms with E-state index in [9.17, 15) is 4.79 Å². The molecule has 2 rings (SSSR count). The van der Waals surface area contributed by atoms with Crippen molar-refractivity contribution in [1.82, 2.24) is 0 Å². The predicted octanol–water partition coefficient (Wildman–Crippen LogP) is 5.11. The molecule has 5 heteroatoms. The summed E-state index contributed by atoms with van der Waals surface area (Å²) in [7, 11) is 0. The molecule has 2 aromatic rings. The number of ether oxygens (including phenoxy) is 3. The normalized spacial score (nSPS) is 11.7. The fraction of sp³-hybridized carbons (Fsp3) is 0.476. The van der Waals surface area contributed by atoms with Gasteiger partial charge in [0.25, 0.3) is 0 Å². The van der Waals surface area contributed by atoms with Crippen LogP contribution in [0, 0.1) is 5.41 Å². The van der Waals surface area contributed by atoms with Gasteiger partial charge in [-0.15, -0.1) is 0 Å². The van der Waals surface area contributed by atoms with Crippen LogP contribution in [0.15, 0.2) is 40.9 Å². The van der Waals surface area contributed by atoms with Gasteiger partial charge in [0.15, 0.2) is 0 Å². The molecule has 0 aliphatic carbocycles. The monoisotopic (exact) mass is 422 g/mol. The molecule has 0 aliphatic heterocycles. The lowest BCUT2D eigenvalue weighted by Crippen LogP contribution is -2.27. The SMILES string of the molecule is CCC(C)(C)C(=O)OCCOCCOCc1ccc2cc(Br)ccc2c1. The Balaban J connectivity index is 1.59. The molecule has 142 valence electrons. The summed E-state index contributed by atoms with van der Waals surface area (Å²) >= 11 is 3.48. The molecule has 26 heavy (non-hydrogen) atoms. The van der Waals surface area contributed by atoms with Gasteiger partial charge >= 0.3 is 5.97 Å². The highest BCUT2D eigenvalue weighted by molar-refractivity contribution is 9.10. The van der Waals surface area contributed by atoms with Crippen molar-refractivity contribution in [1.29, 1.82) is 0 Å². The van der Waals surface area contributed by atoms with Crippen LogP contribution in [0.5, 0.6) is 0 Å². The lowest BCUT2D eigenvalue weighted by molar-refractivity contribution is -0.155. The molecule has 0 aliphatic rings. The first-order valence-electron chi connectivity index (χ1n) is 8.93. The Morgan fingerprint density at radius 1 is 0.962 bits per heavy atom. The molecule has 0 N–H and O–H groups in total. The van der Waals surface area contributed by atoms with Crippen molar-refractivity contribution in [3.63, 3.8) is 0 Å². The Hall–Kier alpha value is -1.43. The largest absolute Gasteiger partial charge is 0.463 e. The fourth-order valence-corrected chi connectivity index (χ4v) is 2.68. The Kier molecular flexibility index (Phi) is 8.07. The van der Waals surface area contributed by atoms with Crippen molar-refractivity contribution < 1.29 is 19.0 Å². The molecular formula is C21H27BrO4. The zero-order valence-corrected chi connectivity index (χ0v) is 17.3. The number of halogens is 1. The first kappa shape index (κ1) is 20.9. The van der Waals surface area contributed by atoms with E-state index in [-0.39, 0.29) is 12.6 Å². The van der Waals surface area contributed by atoms with Crippen molar-refractivity contribution in [3.05, 3.63) is 46.4 Å². The summed E-state index contributed by atoms with van der Waals surface area (Å²) < 4.78 is 17.4. The summed E-state index contributed by atoms with van der Waals surface area (Å²) in [5, 5.41) is 2.40. The summed E-state index contributed by atoms with van der Waals surface area (Å²) in [5.74, 6) is -0.178. The van der Waals surface area contributed by atoms with Crippen molar-refractivity contribution in [2.75, 3.05) is 26.4 Å². The van der Waals surface area contributed by atoms with Gasteiger partial charge < -0.3 is 14.2 Å². The van der Waals surface area contributed by atoms with E-state index in [1.165, 1.54) is 10.8 Å². The highest BCUT2D eigenvalue weighted by atomic mass is 79.9. The van der Waals surface area contributed by atoms with Crippen LogP contribution in [0.4, 0.5) is 0 Å². The van der Waals surface area contributed by atoms with Gasteiger partial charge in [0, 0.05) is 4.47 Å². The standard InChI is InChI=1S/C21H27BrO4/c1-4-21(2,3)20(23)26-12-11-24-9-10-25-15-16-5-6-18-14-19(22)8-7-17(18)13-16/h5-8,13-14H,4,9-12,15H2,1-3H3. The molecule has 4 nitrogen and oxygen atoms in total. The topological polar surface area (TPSA) is 44.8 Å². The molecule has 0 saturated heterocycles. The zero-order valence-electron chi connectivity index (χ0n) is 15.7. The molecule has 0 atom stereocenters. The number of rotatable bonds is 10. The van der Waals surface area contributed by atoms with E-state index in [0.29, 0.717) is 26.4 Å². The lowest BCUT2D eigenvalue weighted by atomic mass is 9.91. The van der Waals surface area contributed by atoms with Crippen LogP contribution in [0.25, 0.3) is 10.8 Å². The number of hydrogen-bond acceptors (Lipinski definition) is 4. The van der Waals surface area contributed by atoms with E-state index in [2.05, 4.69) is 46.3 Å². The van der Waals surface area contributed by atoms with Crippen molar-refractivity contribution in [2.45, 2.75) is 33.8 Å². The number of esters is 1. The van der Waals surface area contributed by atoms with Crippen LogP contribution in [-0.2, 0) is 25.6 Å². The Labute approximate surface area is 163 Å². The first-order valence-corrected chi connectivity index (χ1v) is 9.72. The highest BCUT2D eigenvalue weighted by Crippen LogP contribution is 2.22. The molecule has 0 unspecified atom stereocenters. The van der Waals surface area contributed by atoms with Gasteiger partial charge in [-0.2, -0.15) is 0 Å². The van der Waals surface area contributed by atoms with Gasteiger partial charge in [0.2, 0.25) is 0 Å². The van der Waals surface area contributed by atoms with E-state index >= 15 is 0 Å². The maximum Gasteiger partial charge on any atom is 0.311 e. The Morgan fingerprint density at radius 2 is 1.62 bits per heavy atom. The van der Waals surface area contributed by atoms with Gasteiger partial charge in [-0.05, 0) is 54.8 Å². The minimum Gasteiger partial charge on any atom is -0.463 e. The molecule has 2 aromatic carbocycles. The zero-order chi connectivity index (χ0) is 19.0. The second-order valence-electron chi connectivity index (χ2n) is 6.86. The average molecular weight is 423 g/mol. The summed E-state index contributed by atoms with van der Waals surface area (Å²) in [6, 6.07) is 12.5. The molecule has 0 bridgehead atoms. The van der Waals surface area contributed by atoms with Crippen LogP contribution >= 0.6 is 15.9 Å². The van der Waals surface area contributed by atoms with E-state index in [1.54, 1.807) is 0 Å². The summed E-state index contributed by atoms with van der Waals surface area (Å²) in [5.41, 5.74) is 0.703. The smallest absolute Gasteiger partial charge is 0.311 e. The van der Waals surface area contributed by atoms with Gasteiger partial charge in [-0.1, -0.05) is 41.1 Å². The average Bonchev–Trinajstić information content (AvgIpc) is 2.63. The second-order valence-corrected chi connectivity index (χ2v) is 7.78. The van der Waals surface area contributed by atoms with Gasteiger partial charge in [0.05, 0.1) is 31.8 Å². The third kappa shape index (κ3) is 6.38. The lowest BCUT2D eigenvalue weighted by Gasteiger charge is -2.20. The quantitative estimate of drug-likeness (QED) is 0.393. The van der Waals surface area contributed by atoms with Crippen molar-refractivity contribution >= 4 is 32.7 Å². The number of hydrogen-bond donors (Lipinski definition) is 0. The number of carbonyl (C=O) groups excluding carboxylic acids is 1. The third-order valence-electron chi connectivity index (χ3n) is 4.40. The summed E-state index contributed by atoms with van der Waals surface area (Å²) in [6.07, 6.45) is 0.757. The molecule has 0 fully saturated rings. The molecule has 0 heterocycles. The minimum absolute atomic E-state index is 0.178. The van der Waals surface area contributed by atoms with Crippen LogP contribution in [-0.4, -0.2) is 32.4 Å². The maximum atomic E-state index is 11.8. The molecular weight excluding hydrogens is 396 g/mol. The van der Waals surface area contributed by atoms with E-state index in [4.69, 9.17) is 14.2 Å². The van der Waals surface area contributed by atoms with Crippen molar-refractivity contribution in [3.8, 4) is 0 Å². The van der Waals surface area contributed by atoms with Crippen LogP contribution in [0.2, 0.25) is 0 Å². The van der Waals surface area contributed by atoms with Crippen LogP contribution in [0.3, 0.4) is 0 Å². The number of carbonyl (C=O) groups is 1. The highest BCUT2D eigenvalue weighted by Gasteiger charge is 2.26.